The second kappa shape index (κ2) is 9.04. The van der Waals surface area contributed by atoms with Crippen LogP contribution in [0.15, 0.2) is 30.6 Å². The van der Waals surface area contributed by atoms with E-state index in [0.29, 0.717) is 6.61 Å². The second-order valence-corrected chi connectivity index (χ2v) is 9.26. The summed E-state index contributed by atoms with van der Waals surface area (Å²) in [4.78, 5) is 20.5. The van der Waals surface area contributed by atoms with Crippen molar-refractivity contribution >= 4 is 27.6 Å². The van der Waals surface area contributed by atoms with Crippen LogP contribution in [0, 0.1) is 11.2 Å². The average Bonchev–Trinajstić information content (AvgIpc) is 2.73. The number of carbonyl (C=O) groups is 1. The number of ether oxygens (including phenoxy) is 2. The molecular formula is C19H23FN6O5S. The maximum absolute atomic E-state index is 14.6. The highest BCUT2D eigenvalue weighted by Gasteiger charge is 2.43. The third-order valence-corrected chi connectivity index (χ3v) is 6.77. The van der Waals surface area contributed by atoms with Crippen molar-refractivity contribution in [1.82, 2.24) is 19.6 Å². The lowest BCUT2D eigenvalue weighted by Crippen LogP contribution is -2.61. The molecule has 3 N–H and O–H groups in total. The van der Waals surface area contributed by atoms with Crippen LogP contribution in [0.3, 0.4) is 0 Å². The predicted octanol–water partition coefficient (Wildman–Crippen LogP) is 0.908. The Morgan fingerprint density at radius 1 is 1.34 bits per heavy atom. The molecule has 11 nitrogen and oxygen atoms in total. The third-order valence-electron chi connectivity index (χ3n) is 4.81. The Morgan fingerprint density at radius 3 is 2.72 bits per heavy atom. The smallest absolute Gasteiger partial charge is 0.275 e. The summed E-state index contributed by atoms with van der Waals surface area (Å²) in [5.74, 6) is -1.89. The van der Waals surface area contributed by atoms with Crippen LogP contribution in [0.1, 0.15) is 23.0 Å². The molecule has 0 saturated carbocycles. The Balaban J connectivity index is 1.79. The third kappa shape index (κ3) is 4.94. The topological polar surface area (TPSA) is 147 Å². The average molecular weight is 466 g/mol. The molecule has 1 aromatic heterocycles. The Morgan fingerprint density at radius 2 is 2.09 bits per heavy atom. The molecule has 1 aliphatic heterocycles. The molecule has 1 atom stereocenters. The van der Waals surface area contributed by atoms with E-state index in [1.165, 1.54) is 45.6 Å². The molecule has 0 aliphatic carbocycles. The number of sulfonamides is 1. The number of hydrogen-bond acceptors (Lipinski definition) is 8. The molecule has 1 aromatic carbocycles. The molecule has 2 aromatic rings. The van der Waals surface area contributed by atoms with Crippen molar-refractivity contribution in [2.45, 2.75) is 12.5 Å². The van der Waals surface area contributed by atoms with Crippen molar-refractivity contribution in [3.63, 3.8) is 0 Å². The van der Waals surface area contributed by atoms with Gasteiger partial charge in [-0.25, -0.2) is 27.1 Å². The molecule has 32 heavy (non-hydrogen) atoms. The first-order valence-corrected chi connectivity index (χ1v) is 11.0. The largest absolute Gasteiger partial charge is 0.474 e. The van der Waals surface area contributed by atoms with Crippen molar-refractivity contribution in [2.24, 2.45) is 0 Å². The number of guanidine groups is 1. The number of rotatable bonds is 7. The fourth-order valence-corrected chi connectivity index (χ4v) is 4.56. The number of hydrogen-bond donors (Lipinski definition) is 3. The Labute approximate surface area is 184 Å². The zero-order chi connectivity index (χ0) is 23.5. The van der Waals surface area contributed by atoms with Gasteiger partial charge in [-0.3, -0.25) is 10.2 Å². The number of halogens is 1. The summed E-state index contributed by atoms with van der Waals surface area (Å²) in [5, 5.41) is 13.2. The van der Waals surface area contributed by atoms with Gasteiger partial charge in [0.25, 0.3) is 5.91 Å². The van der Waals surface area contributed by atoms with Crippen LogP contribution in [-0.4, -0.2) is 67.7 Å². The zero-order valence-corrected chi connectivity index (χ0v) is 18.5. The number of anilines is 1. The molecular weight excluding hydrogens is 443 g/mol. The van der Waals surface area contributed by atoms with E-state index in [4.69, 9.17) is 14.9 Å². The lowest BCUT2D eigenvalue weighted by atomic mass is 9.93. The SMILES string of the molecule is COCCOc1cnc(C(=O)Nc2ccc(F)c([C@]3(C)CS(=O)(=O)N(C)C(=N)N3)c2)cn1. The summed E-state index contributed by atoms with van der Waals surface area (Å²) in [6.07, 6.45) is 2.52. The number of amides is 1. The van der Waals surface area contributed by atoms with E-state index in [-0.39, 0.29) is 35.4 Å². The van der Waals surface area contributed by atoms with Gasteiger partial charge in [-0.2, -0.15) is 0 Å². The van der Waals surface area contributed by atoms with E-state index in [9.17, 15) is 17.6 Å². The van der Waals surface area contributed by atoms with Crippen LogP contribution >= 0.6 is 0 Å². The van der Waals surface area contributed by atoms with Gasteiger partial charge >= 0.3 is 0 Å². The lowest BCUT2D eigenvalue weighted by Gasteiger charge is -2.40. The number of methoxy groups -OCH3 is 1. The molecule has 1 fully saturated rings. The lowest BCUT2D eigenvalue weighted by molar-refractivity contribution is 0.102. The highest BCUT2D eigenvalue weighted by atomic mass is 32.2. The van der Waals surface area contributed by atoms with Crippen molar-refractivity contribution in [2.75, 3.05) is 38.4 Å². The van der Waals surface area contributed by atoms with Crippen molar-refractivity contribution in [1.29, 1.82) is 5.41 Å². The fraction of sp³-hybridized carbons (Fsp3) is 0.368. The van der Waals surface area contributed by atoms with Crippen LogP contribution in [0.2, 0.25) is 0 Å². The van der Waals surface area contributed by atoms with Gasteiger partial charge in [0.05, 0.1) is 30.3 Å². The molecule has 0 unspecified atom stereocenters. The summed E-state index contributed by atoms with van der Waals surface area (Å²) in [6, 6.07) is 3.78. The summed E-state index contributed by atoms with van der Waals surface area (Å²) in [6.45, 7) is 2.14. The minimum absolute atomic E-state index is 0.00273. The van der Waals surface area contributed by atoms with Gasteiger partial charge in [-0.05, 0) is 25.1 Å². The zero-order valence-electron chi connectivity index (χ0n) is 17.7. The van der Waals surface area contributed by atoms with Crippen molar-refractivity contribution < 1.29 is 27.1 Å². The van der Waals surface area contributed by atoms with Crippen LogP contribution in [0.5, 0.6) is 5.88 Å². The Kier molecular flexibility index (Phi) is 6.60. The summed E-state index contributed by atoms with van der Waals surface area (Å²) in [7, 11) is -1.04. The van der Waals surface area contributed by atoms with Crippen LogP contribution < -0.4 is 15.4 Å². The minimum Gasteiger partial charge on any atom is -0.474 e. The van der Waals surface area contributed by atoms with Crippen LogP contribution in [0.4, 0.5) is 10.1 Å². The Bertz CT molecular complexity index is 1130. The quantitative estimate of drug-likeness (QED) is 0.510. The van der Waals surface area contributed by atoms with E-state index < -0.39 is 33.0 Å². The fourth-order valence-electron chi connectivity index (χ4n) is 3.08. The summed E-state index contributed by atoms with van der Waals surface area (Å²) >= 11 is 0. The molecule has 2 heterocycles. The van der Waals surface area contributed by atoms with Crippen LogP contribution in [0.25, 0.3) is 0 Å². The van der Waals surface area contributed by atoms with E-state index >= 15 is 0 Å². The molecule has 1 saturated heterocycles. The van der Waals surface area contributed by atoms with Gasteiger partial charge in [-0.1, -0.05) is 0 Å². The first-order chi connectivity index (χ1) is 15.1. The van der Waals surface area contributed by atoms with E-state index in [2.05, 4.69) is 20.6 Å². The van der Waals surface area contributed by atoms with Crippen LogP contribution in [-0.2, 0) is 20.3 Å². The Hall–Kier alpha value is -3.32. The van der Waals surface area contributed by atoms with Gasteiger partial charge in [0.15, 0.2) is 0 Å². The second-order valence-electron chi connectivity index (χ2n) is 7.26. The summed E-state index contributed by atoms with van der Waals surface area (Å²) in [5.41, 5.74) is -1.19. The minimum atomic E-state index is -3.82. The maximum Gasteiger partial charge on any atom is 0.275 e. The van der Waals surface area contributed by atoms with E-state index in [0.717, 1.165) is 10.4 Å². The number of benzene rings is 1. The predicted molar refractivity (Wildman–Crippen MR) is 114 cm³/mol. The molecule has 172 valence electrons. The number of nitrogens with zero attached hydrogens (tertiary/aromatic N) is 3. The summed E-state index contributed by atoms with van der Waals surface area (Å²) < 4.78 is 50.3. The van der Waals surface area contributed by atoms with Crippen molar-refractivity contribution in [3.05, 3.63) is 47.7 Å². The molecule has 1 aliphatic rings. The van der Waals surface area contributed by atoms with Gasteiger partial charge in [0.2, 0.25) is 21.9 Å². The standard InChI is InChI=1S/C19H23FN6O5S/c1-19(11-32(28,29)26(2)18(21)25-19)13-8-12(4-5-14(13)20)24-17(27)15-9-23-16(10-22-15)31-7-6-30-3/h4-5,8-10H,6-7,11H2,1-3H3,(H2,21,25)(H,24,27)/t19-/m0/s1. The maximum atomic E-state index is 14.6. The van der Waals surface area contributed by atoms with Gasteiger partial charge in [-0.15, -0.1) is 0 Å². The highest BCUT2D eigenvalue weighted by molar-refractivity contribution is 7.89. The first-order valence-electron chi connectivity index (χ1n) is 9.44. The molecule has 0 radical (unpaired) electrons. The molecule has 0 spiro atoms. The number of carbonyl (C=O) groups excluding carboxylic acids is 1. The number of aromatic nitrogens is 2. The van der Waals surface area contributed by atoms with E-state index in [1.807, 2.05) is 0 Å². The van der Waals surface area contributed by atoms with Crippen molar-refractivity contribution in [3.8, 4) is 5.88 Å². The molecule has 1 amide bonds. The first kappa shape index (κ1) is 23.3. The normalized spacial score (nSPS) is 19.9. The van der Waals surface area contributed by atoms with E-state index in [1.54, 1.807) is 0 Å². The molecule has 0 bridgehead atoms. The molecule has 13 heteroatoms. The number of nitrogens with one attached hydrogen (secondary N) is 3. The van der Waals surface area contributed by atoms with Gasteiger partial charge in [0.1, 0.15) is 18.1 Å². The molecule has 3 rings (SSSR count). The highest BCUT2D eigenvalue weighted by Crippen LogP contribution is 2.31. The van der Waals surface area contributed by atoms with Gasteiger partial charge in [0, 0.05) is 25.4 Å². The monoisotopic (exact) mass is 466 g/mol. The van der Waals surface area contributed by atoms with Gasteiger partial charge < -0.3 is 20.1 Å².